The highest BCUT2D eigenvalue weighted by Crippen LogP contribution is 2.33. The molecule has 1 fully saturated rings. The lowest BCUT2D eigenvalue weighted by Gasteiger charge is -2.27. The monoisotopic (exact) mass is 408 g/mol. The van der Waals surface area contributed by atoms with E-state index in [-0.39, 0.29) is 11.7 Å². The average molecular weight is 409 g/mol. The van der Waals surface area contributed by atoms with Gasteiger partial charge in [-0.1, -0.05) is 71.3 Å². The van der Waals surface area contributed by atoms with E-state index in [4.69, 9.17) is 4.74 Å². The molecule has 0 aromatic heterocycles. The Labute approximate surface area is 175 Å². The number of carbonyl (C=O) groups is 1. The van der Waals surface area contributed by atoms with Gasteiger partial charge < -0.3 is 4.74 Å². The van der Waals surface area contributed by atoms with Crippen molar-refractivity contribution >= 4 is 5.97 Å². The molecule has 29 heavy (non-hydrogen) atoms. The van der Waals surface area contributed by atoms with Gasteiger partial charge in [0, 0.05) is 0 Å². The van der Waals surface area contributed by atoms with Gasteiger partial charge in [0.2, 0.25) is 5.82 Å². The predicted molar refractivity (Wildman–Crippen MR) is 114 cm³/mol. The lowest BCUT2D eigenvalue weighted by molar-refractivity contribution is -0.140. The van der Waals surface area contributed by atoms with Crippen LogP contribution in [0.25, 0.3) is 0 Å². The van der Waals surface area contributed by atoms with Crippen LogP contribution in [0.5, 0.6) is 5.75 Å². The zero-order chi connectivity index (χ0) is 21.1. The number of esters is 1. The Kier molecular flexibility index (Phi) is 10.7. The number of hydrogen-bond acceptors (Lipinski definition) is 2. The molecule has 1 saturated carbocycles. The predicted octanol–water partition coefficient (Wildman–Crippen LogP) is 7.77. The molecule has 0 N–H and O–H groups in total. The van der Waals surface area contributed by atoms with Crippen LogP contribution in [0, 0.1) is 23.5 Å². The van der Waals surface area contributed by atoms with Crippen LogP contribution in [0.3, 0.4) is 0 Å². The summed E-state index contributed by atoms with van der Waals surface area (Å²) in [6.45, 7) is 4.36. The highest BCUT2D eigenvalue weighted by molar-refractivity contribution is 5.75. The van der Waals surface area contributed by atoms with Crippen molar-refractivity contribution in [1.29, 1.82) is 0 Å². The van der Waals surface area contributed by atoms with Gasteiger partial charge in [0.15, 0.2) is 11.6 Å². The molecule has 1 aromatic rings. The molecule has 0 unspecified atom stereocenters. The van der Waals surface area contributed by atoms with Crippen LogP contribution in [-0.2, 0) is 11.2 Å². The van der Waals surface area contributed by atoms with Crippen LogP contribution in [0.1, 0.15) is 103 Å². The zero-order valence-electron chi connectivity index (χ0n) is 18.3. The molecule has 0 bridgehead atoms. The summed E-state index contributed by atoms with van der Waals surface area (Å²) in [5.41, 5.74) is 0.370. The molecule has 2 rings (SSSR count). The van der Waals surface area contributed by atoms with E-state index in [0.717, 1.165) is 44.9 Å². The molecular weight excluding hydrogens is 370 g/mol. The van der Waals surface area contributed by atoms with E-state index in [2.05, 4.69) is 13.8 Å². The lowest BCUT2D eigenvalue weighted by Crippen LogP contribution is -2.26. The molecular formula is C25H38F2O2. The van der Waals surface area contributed by atoms with E-state index in [1.807, 2.05) is 0 Å². The highest BCUT2D eigenvalue weighted by atomic mass is 19.2. The number of unbranched alkanes of at least 4 members (excludes halogenated alkanes) is 6. The second-order valence-corrected chi connectivity index (χ2v) is 8.65. The first-order valence-electron chi connectivity index (χ1n) is 11.7. The normalized spacial score (nSPS) is 19.3. The van der Waals surface area contributed by atoms with Crippen molar-refractivity contribution < 1.29 is 18.3 Å². The number of aryl methyl sites for hydroxylation is 1. The zero-order valence-corrected chi connectivity index (χ0v) is 18.3. The van der Waals surface area contributed by atoms with E-state index < -0.39 is 17.6 Å². The summed E-state index contributed by atoms with van der Waals surface area (Å²) in [7, 11) is 0. The molecule has 164 valence electrons. The number of ether oxygens (including phenoxy) is 1. The molecule has 4 heteroatoms. The molecule has 0 heterocycles. The number of carbonyl (C=O) groups excluding carboxylic acids is 1. The van der Waals surface area contributed by atoms with Crippen LogP contribution in [0.15, 0.2) is 12.1 Å². The van der Waals surface area contributed by atoms with Crippen LogP contribution >= 0.6 is 0 Å². The van der Waals surface area contributed by atoms with Crippen LogP contribution in [0.4, 0.5) is 8.78 Å². The van der Waals surface area contributed by atoms with E-state index >= 15 is 0 Å². The first kappa shape index (κ1) is 23.8. The van der Waals surface area contributed by atoms with Gasteiger partial charge in [0.05, 0.1) is 5.92 Å². The smallest absolute Gasteiger partial charge is 0.314 e. The van der Waals surface area contributed by atoms with Crippen molar-refractivity contribution in [2.24, 2.45) is 11.8 Å². The Hall–Kier alpha value is -1.45. The molecule has 1 aliphatic carbocycles. The van der Waals surface area contributed by atoms with Gasteiger partial charge >= 0.3 is 5.97 Å². The second kappa shape index (κ2) is 13.0. The number of hydrogen-bond donors (Lipinski definition) is 0. The minimum Gasteiger partial charge on any atom is -0.423 e. The maximum absolute atomic E-state index is 14.4. The largest absolute Gasteiger partial charge is 0.423 e. The van der Waals surface area contributed by atoms with E-state index in [9.17, 15) is 13.6 Å². The average Bonchev–Trinajstić information content (AvgIpc) is 2.74. The van der Waals surface area contributed by atoms with Crippen LogP contribution in [-0.4, -0.2) is 5.97 Å². The Bertz CT molecular complexity index is 621. The number of benzene rings is 1. The molecule has 1 aliphatic rings. The van der Waals surface area contributed by atoms with Crippen LogP contribution in [0.2, 0.25) is 0 Å². The minimum absolute atomic E-state index is 0.196. The first-order chi connectivity index (χ1) is 14.1. The molecule has 0 atom stereocenters. The van der Waals surface area contributed by atoms with Gasteiger partial charge in [-0.3, -0.25) is 4.79 Å². The van der Waals surface area contributed by atoms with Crippen molar-refractivity contribution in [3.63, 3.8) is 0 Å². The molecule has 0 saturated heterocycles. The summed E-state index contributed by atoms with van der Waals surface area (Å²) in [4.78, 5) is 12.4. The maximum atomic E-state index is 14.4. The fourth-order valence-corrected chi connectivity index (χ4v) is 4.31. The summed E-state index contributed by atoms with van der Waals surface area (Å²) in [5, 5.41) is 0. The topological polar surface area (TPSA) is 26.3 Å². The summed E-state index contributed by atoms with van der Waals surface area (Å²) < 4.78 is 34.1. The van der Waals surface area contributed by atoms with E-state index in [0.29, 0.717) is 17.9 Å². The van der Waals surface area contributed by atoms with Crippen LogP contribution < -0.4 is 4.74 Å². The van der Waals surface area contributed by atoms with E-state index in [1.54, 1.807) is 6.07 Å². The Balaban J connectivity index is 1.82. The van der Waals surface area contributed by atoms with Gasteiger partial charge in [0.1, 0.15) is 0 Å². The van der Waals surface area contributed by atoms with E-state index in [1.165, 1.54) is 44.6 Å². The van der Waals surface area contributed by atoms with Gasteiger partial charge in [-0.05, 0) is 56.1 Å². The number of rotatable bonds is 12. The van der Waals surface area contributed by atoms with Crippen molar-refractivity contribution in [3.8, 4) is 5.75 Å². The standard InChI is InChI=1S/C25H38F2O2/c1-3-5-7-8-9-10-12-20-17-18-22(24(27)23(20)26)29-25(28)21-15-13-19(14-16-21)11-6-4-2/h17-19,21H,3-16H2,1-2H3/t19-,21-. The van der Waals surface area contributed by atoms with Crippen molar-refractivity contribution in [3.05, 3.63) is 29.3 Å². The first-order valence-corrected chi connectivity index (χ1v) is 11.7. The van der Waals surface area contributed by atoms with Gasteiger partial charge in [-0.15, -0.1) is 0 Å². The third kappa shape index (κ3) is 7.71. The maximum Gasteiger partial charge on any atom is 0.314 e. The third-order valence-corrected chi connectivity index (χ3v) is 6.28. The lowest BCUT2D eigenvalue weighted by atomic mass is 9.80. The van der Waals surface area contributed by atoms with Crippen molar-refractivity contribution in [2.75, 3.05) is 0 Å². The third-order valence-electron chi connectivity index (χ3n) is 6.28. The Morgan fingerprint density at radius 2 is 1.55 bits per heavy atom. The molecule has 2 nitrogen and oxygen atoms in total. The summed E-state index contributed by atoms with van der Waals surface area (Å²) >= 11 is 0. The molecule has 0 amide bonds. The fourth-order valence-electron chi connectivity index (χ4n) is 4.31. The van der Waals surface area contributed by atoms with Gasteiger partial charge in [-0.2, -0.15) is 4.39 Å². The minimum atomic E-state index is -1.03. The highest BCUT2D eigenvalue weighted by Gasteiger charge is 2.28. The van der Waals surface area contributed by atoms with Gasteiger partial charge in [-0.25, -0.2) is 4.39 Å². The molecule has 0 spiro atoms. The Morgan fingerprint density at radius 3 is 2.24 bits per heavy atom. The van der Waals surface area contributed by atoms with Gasteiger partial charge in [0.25, 0.3) is 0 Å². The quantitative estimate of drug-likeness (QED) is 0.201. The van der Waals surface area contributed by atoms with Crippen molar-refractivity contribution in [1.82, 2.24) is 0 Å². The molecule has 0 aliphatic heterocycles. The SMILES string of the molecule is CCCCCCCCc1ccc(OC(=O)[C@H]2CC[C@H](CCCC)CC2)c(F)c1F. The van der Waals surface area contributed by atoms with Crippen molar-refractivity contribution in [2.45, 2.75) is 104 Å². The summed E-state index contributed by atoms with van der Waals surface area (Å²) in [5.74, 6) is -2.09. The fraction of sp³-hybridized carbons (Fsp3) is 0.720. The summed E-state index contributed by atoms with van der Waals surface area (Å²) in [6, 6.07) is 2.98. The molecule has 1 aromatic carbocycles. The Morgan fingerprint density at radius 1 is 0.897 bits per heavy atom. The number of halogens is 2. The second-order valence-electron chi connectivity index (χ2n) is 8.65. The summed E-state index contributed by atoms with van der Waals surface area (Å²) in [6.07, 6.45) is 14.4. The molecule has 0 radical (unpaired) electrons.